The second-order valence-corrected chi connectivity index (χ2v) is 10.4. The zero-order valence-electron chi connectivity index (χ0n) is 17.7. The van der Waals surface area contributed by atoms with Crippen molar-refractivity contribution in [2.45, 2.75) is 11.7 Å². The largest absolute Gasteiger partial charge is 0.349 e. The topological polar surface area (TPSA) is 80.8 Å². The van der Waals surface area contributed by atoms with E-state index in [0.717, 1.165) is 9.37 Å². The van der Waals surface area contributed by atoms with Gasteiger partial charge in [-0.1, -0.05) is 75.5 Å². The lowest BCUT2D eigenvalue weighted by Gasteiger charge is -2.27. The Morgan fingerprint density at radius 3 is 2.09 bits per heavy atom. The number of ether oxygens (including phenoxy) is 1. The summed E-state index contributed by atoms with van der Waals surface area (Å²) in [4.78, 5) is 56.1. The second-order valence-electron chi connectivity index (χ2n) is 8.64. The van der Waals surface area contributed by atoms with Crippen molar-refractivity contribution in [3.05, 3.63) is 97.9 Å². The number of ketones is 2. The minimum absolute atomic E-state index is 0.101. The number of benzene rings is 3. The molecule has 0 aromatic heterocycles. The molecule has 9 heteroatoms. The molecule has 2 amide bonds. The predicted octanol–water partition coefficient (Wildman–Crippen LogP) is 5.45. The van der Waals surface area contributed by atoms with Crippen molar-refractivity contribution in [2.24, 2.45) is 11.8 Å². The van der Waals surface area contributed by atoms with Gasteiger partial charge in [-0.05, 0) is 35.9 Å². The van der Waals surface area contributed by atoms with Gasteiger partial charge >= 0.3 is 0 Å². The number of carbonyl (C=O) groups excluding carboxylic acids is 4. The van der Waals surface area contributed by atoms with Crippen molar-refractivity contribution < 1.29 is 23.9 Å². The molecular formula is C26H14BrCl2NO5. The third kappa shape index (κ3) is 2.99. The third-order valence-corrected chi connectivity index (χ3v) is 7.95. The van der Waals surface area contributed by atoms with Crippen LogP contribution in [0.25, 0.3) is 0 Å². The molecule has 6 nitrogen and oxygen atoms in total. The average molecular weight is 571 g/mol. The molecule has 0 bridgehead atoms. The maximum absolute atomic E-state index is 13.9. The average Bonchev–Trinajstić information content (AvgIpc) is 3.41. The van der Waals surface area contributed by atoms with Gasteiger partial charge in [0.1, 0.15) is 0 Å². The Morgan fingerprint density at radius 2 is 1.46 bits per heavy atom. The Morgan fingerprint density at radius 1 is 0.829 bits per heavy atom. The van der Waals surface area contributed by atoms with Gasteiger partial charge < -0.3 is 4.74 Å². The van der Waals surface area contributed by atoms with E-state index >= 15 is 0 Å². The minimum atomic E-state index is -2.14. The lowest BCUT2D eigenvalue weighted by molar-refractivity contribution is -0.127. The van der Waals surface area contributed by atoms with E-state index in [2.05, 4.69) is 15.9 Å². The third-order valence-electron chi connectivity index (χ3n) is 6.87. The number of anilines is 1. The molecule has 3 aromatic carbocycles. The highest BCUT2D eigenvalue weighted by molar-refractivity contribution is 9.10. The molecule has 2 saturated heterocycles. The summed E-state index contributed by atoms with van der Waals surface area (Å²) in [6.07, 6.45) is -1.00. The fourth-order valence-electron chi connectivity index (χ4n) is 5.37. The van der Waals surface area contributed by atoms with Crippen LogP contribution in [0.1, 0.15) is 32.4 Å². The van der Waals surface area contributed by atoms with Gasteiger partial charge in [0.25, 0.3) is 0 Å². The summed E-state index contributed by atoms with van der Waals surface area (Å²) in [5.41, 5.74) is -1.13. The first-order chi connectivity index (χ1) is 16.8. The standard InChI is InChI=1S/C26H14BrCl2NO5/c27-13-7-5-12(6-8-13)21-19-20(25(34)30(24(19)33)18-11-14(28)9-10-17(18)29)26(35-21)22(31)15-3-1-2-4-16(15)23(26)32/h1-11,19-21H/t19-,20-,21+/m1/s1. The maximum atomic E-state index is 13.9. The van der Waals surface area contributed by atoms with Gasteiger partial charge in [-0.15, -0.1) is 0 Å². The molecule has 6 rings (SSSR count). The van der Waals surface area contributed by atoms with Gasteiger partial charge in [0, 0.05) is 20.6 Å². The first kappa shape index (κ1) is 22.6. The predicted molar refractivity (Wildman–Crippen MR) is 132 cm³/mol. The Kier molecular flexibility index (Phi) is 5.06. The van der Waals surface area contributed by atoms with Crippen LogP contribution in [-0.4, -0.2) is 29.0 Å². The molecule has 2 aliphatic heterocycles. The monoisotopic (exact) mass is 569 g/mol. The van der Waals surface area contributed by atoms with E-state index in [4.69, 9.17) is 27.9 Å². The highest BCUT2D eigenvalue weighted by atomic mass is 79.9. The zero-order chi connectivity index (χ0) is 24.6. The van der Waals surface area contributed by atoms with Gasteiger partial charge in [-0.3, -0.25) is 19.2 Å². The summed E-state index contributed by atoms with van der Waals surface area (Å²) in [6, 6.07) is 17.8. The van der Waals surface area contributed by atoms with Gasteiger partial charge in [-0.25, -0.2) is 4.90 Å². The van der Waals surface area contributed by atoms with Crippen molar-refractivity contribution >= 4 is 68.2 Å². The molecule has 1 aliphatic carbocycles. The fourth-order valence-corrected chi connectivity index (χ4v) is 6.00. The highest BCUT2D eigenvalue weighted by Crippen LogP contribution is 2.58. The molecule has 35 heavy (non-hydrogen) atoms. The molecule has 0 saturated carbocycles. The number of carbonyl (C=O) groups is 4. The number of rotatable bonds is 2. The minimum Gasteiger partial charge on any atom is -0.349 e. The van der Waals surface area contributed by atoms with Crippen LogP contribution < -0.4 is 4.90 Å². The normalized spacial score (nSPS) is 24.4. The Hall–Kier alpha value is -2.84. The first-order valence-corrected chi connectivity index (χ1v) is 12.3. The Balaban J connectivity index is 1.56. The van der Waals surface area contributed by atoms with Crippen molar-refractivity contribution in [2.75, 3.05) is 4.90 Å². The quantitative estimate of drug-likeness (QED) is 0.302. The molecule has 2 heterocycles. The van der Waals surface area contributed by atoms with Gasteiger partial charge in [0.15, 0.2) is 0 Å². The van der Waals surface area contributed by atoms with E-state index in [0.29, 0.717) is 5.56 Å². The van der Waals surface area contributed by atoms with Crippen LogP contribution in [0, 0.1) is 11.8 Å². The van der Waals surface area contributed by atoms with Crippen LogP contribution in [0.2, 0.25) is 10.0 Å². The molecule has 1 spiro atoms. The highest BCUT2D eigenvalue weighted by Gasteiger charge is 2.74. The number of fused-ring (bicyclic) bond motifs is 3. The number of halogens is 3. The number of hydrogen-bond acceptors (Lipinski definition) is 5. The van der Waals surface area contributed by atoms with Crippen molar-refractivity contribution in [1.82, 2.24) is 0 Å². The summed E-state index contributed by atoms with van der Waals surface area (Å²) < 4.78 is 7.05. The van der Waals surface area contributed by atoms with E-state index in [-0.39, 0.29) is 26.9 Å². The number of Topliss-reactive ketones (excluding diaryl/α,β-unsaturated/α-hetero) is 2. The molecule has 0 radical (unpaired) electrons. The summed E-state index contributed by atoms with van der Waals surface area (Å²) in [5.74, 6) is -5.03. The van der Waals surface area contributed by atoms with Crippen LogP contribution in [0.5, 0.6) is 0 Å². The van der Waals surface area contributed by atoms with E-state index in [1.54, 1.807) is 36.4 Å². The number of amides is 2. The first-order valence-electron chi connectivity index (χ1n) is 10.7. The van der Waals surface area contributed by atoms with Crippen molar-refractivity contribution in [3.8, 4) is 0 Å². The van der Waals surface area contributed by atoms with Crippen LogP contribution in [0.15, 0.2) is 71.2 Å². The van der Waals surface area contributed by atoms with Crippen LogP contribution in [0.4, 0.5) is 5.69 Å². The van der Waals surface area contributed by atoms with Gasteiger partial charge in [-0.2, -0.15) is 0 Å². The SMILES string of the molecule is O=C1[C@H]2[C@H](c3ccc(Br)cc3)OC3(C(=O)c4ccccc4C3=O)[C@H]2C(=O)N1c1cc(Cl)ccc1Cl. The maximum Gasteiger partial charge on any atom is 0.241 e. The Bertz CT molecular complexity index is 1440. The van der Waals surface area contributed by atoms with Gasteiger partial charge in [0.05, 0.1) is 28.6 Å². The van der Waals surface area contributed by atoms with E-state index in [1.807, 2.05) is 0 Å². The number of imide groups is 1. The fraction of sp³-hybridized carbons (Fsp3) is 0.154. The molecule has 0 unspecified atom stereocenters. The van der Waals surface area contributed by atoms with E-state index < -0.39 is 46.9 Å². The number of hydrogen-bond donors (Lipinski definition) is 0. The summed E-state index contributed by atoms with van der Waals surface area (Å²) in [7, 11) is 0. The molecule has 174 valence electrons. The molecule has 3 atom stereocenters. The van der Waals surface area contributed by atoms with Crippen LogP contribution in [-0.2, 0) is 14.3 Å². The molecule has 2 fully saturated rings. The van der Waals surface area contributed by atoms with Crippen LogP contribution >= 0.6 is 39.1 Å². The Labute approximate surface area is 217 Å². The van der Waals surface area contributed by atoms with Crippen LogP contribution in [0.3, 0.4) is 0 Å². The molecule has 0 N–H and O–H groups in total. The van der Waals surface area contributed by atoms with Gasteiger partial charge in [0.2, 0.25) is 29.0 Å². The lowest BCUT2D eigenvalue weighted by Crippen LogP contribution is -2.51. The molecule has 3 aliphatic rings. The van der Waals surface area contributed by atoms with Crippen molar-refractivity contribution in [3.63, 3.8) is 0 Å². The summed E-state index contributed by atoms with van der Waals surface area (Å²) in [6.45, 7) is 0. The number of nitrogens with zero attached hydrogens (tertiary/aromatic N) is 1. The zero-order valence-corrected chi connectivity index (χ0v) is 20.8. The lowest BCUT2D eigenvalue weighted by atomic mass is 9.77. The van der Waals surface area contributed by atoms with E-state index in [9.17, 15) is 19.2 Å². The summed E-state index contributed by atoms with van der Waals surface area (Å²) in [5, 5.41) is 0.413. The molecular weight excluding hydrogens is 557 g/mol. The molecule has 3 aromatic rings. The smallest absolute Gasteiger partial charge is 0.241 e. The van der Waals surface area contributed by atoms with Crippen molar-refractivity contribution in [1.29, 1.82) is 0 Å². The summed E-state index contributed by atoms with van der Waals surface area (Å²) >= 11 is 15.9. The van der Waals surface area contributed by atoms with E-state index in [1.165, 1.54) is 30.3 Å². The second kappa shape index (κ2) is 7.83.